The molecule has 1 nitrogen and oxygen atoms in total. The van der Waals surface area contributed by atoms with Crippen molar-refractivity contribution in [2.24, 2.45) is 0 Å². The molecular weight excluding hydrogens is 158 g/mol. The summed E-state index contributed by atoms with van der Waals surface area (Å²) in [6.07, 6.45) is 1.78. The normalized spacial score (nSPS) is 10.7. The topological polar surface area (TPSA) is 14.1 Å². The van der Waals surface area contributed by atoms with Crippen LogP contribution in [0.25, 0.3) is 11.3 Å². The number of pyridine rings is 1. The van der Waals surface area contributed by atoms with E-state index in [1.807, 2.05) is 25.1 Å². The summed E-state index contributed by atoms with van der Waals surface area (Å²) in [6, 6.07) is 5.82. The van der Waals surface area contributed by atoms with Crippen LogP contribution in [0.3, 0.4) is 0 Å². The van der Waals surface area contributed by atoms with Crippen molar-refractivity contribution in [2.75, 3.05) is 0 Å². The number of nitrogens with zero attached hydrogens (tertiary/aromatic N) is 1. The van der Waals surface area contributed by atoms with Gasteiger partial charge in [0.25, 0.3) is 0 Å². The van der Waals surface area contributed by atoms with Gasteiger partial charge in [-0.3, -0.25) is 0 Å². The first-order valence-corrected chi connectivity index (χ1v) is 3.83. The van der Waals surface area contributed by atoms with Crippen molar-refractivity contribution in [3.8, 4) is 11.3 Å². The molecule has 2 aliphatic rings. The molecule has 0 saturated heterocycles. The van der Waals surface area contributed by atoms with Gasteiger partial charge in [-0.15, -0.1) is 5.69 Å². The number of aromatic nitrogens is 1. The van der Waals surface area contributed by atoms with Crippen LogP contribution in [0, 0.1) is 6.92 Å². The predicted molar refractivity (Wildman–Crippen MR) is 46.1 cm³/mol. The minimum absolute atomic E-state index is 0.797. The van der Waals surface area contributed by atoms with Crippen LogP contribution in [0.5, 0.6) is 0 Å². The third kappa shape index (κ3) is 0.925. The lowest BCUT2D eigenvalue weighted by atomic mass is 10.2. The van der Waals surface area contributed by atoms with Crippen molar-refractivity contribution in [1.29, 1.82) is 0 Å². The number of hydrogen-bond donors (Lipinski definition) is 0. The van der Waals surface area contributed by atoms with E-state index >= 15 is 0 Å². The molecule has 0 unspecified atom stereocenters. The average Bonchev–Trinajstić information content (AvgIpc) is 2.30. The van der Waals surface area contributed by atoms with Crippen molar-refractivity contribution in [2.45, 2.75) is 6.92 Å². The Balaban J connectivity index is 2.81. The fourth-order valence-electron chi connectivity index (χ4n) is 1.25. The Morgan fingerprint density at radius 1 is 1.45 bits per heavy atom. The van der Waals surface area contributed by atoms with Crippen LogP contribution in [0.1, 0.15) is 5.56 Å². The van der Waals surface area contributed by atoms with Crippen molar-refractivity contribution >= 4 is 11.6 Å². The van der Waals surface area contributed by atoms with E-state index in [9.17, 15) is 0 Å². The Bertz CT molecular complexity index is 318. The van der Waals surface area contributed by atoms with Gasteiger partial charge in [0, 0.05) is 5.02 Å². The molecule has 0 bridgehead atoms. The molecule has 0 aromatic heterocycles. The summed E-state index contributed by atoms with van der Waals surface area (Å²) in [4.78, 5) is 4.22. The van der Waals surface area contributed by atoms with Gasteiger partial charge in [0.05, 0.1) is 0 Å². The van der Waals surface area contributed by atoms with Gasteiger partial charge in [-0.25, -0.2) is 0 Å². The number of aryl methyl sites for hydroxylation is 1. The number of fused-ring (bicyclic) bond motifs is 1. The summed E-state index contributed by atoms with van der Waals surface area (Å²) in [5.41, 5.74) is 3.20. The molecule has 1 aliphatic heterocycles. The Hall–Kier alpha value is -0.950. The van der Waals surface area contributed by atoms with E-state index in [1.165, 1.54) is 0 Å². The molecule has 2 heteroatoms. The lowest BCUT2D eigenvalue weighted by Crippen LogP contribution is -1.83. The summed E-state index contributed by atoms with van der Waals surface area (Å²) in [6.45, 7) is 2.02. The lowest BCUT2D eigenvalue weighted by molar-refractivity contribution is 1.27. The molecule has 0 fully saturated rings. The zero-order valence-electron chi connectivity index (χ0n) is 6.13. The molecule has 0 N–H and O–H groups in total. The van der Waals surface area contributed by atoms with Crippen LogP contribution in [0.15, 0.2) is 24.4 Å². The Morgan fingerprint density at radius 2 is 2.27 bits per heavy atom. The zero-order valence-corrected chi connectivity index (χ0v) is 6.89. The van der Waals surface area contributed by atoms with Crippen molar-refractivity contribution in [3.05, 3.63) is 35.0 Å². The van der Waals surface area contributed by atoms with Crippen molar-refractivity contribution in [1.82, 2.24) is 4.98 Å². The first-order valence-electron chi connectivity index (χ1n) is 3.45. The zero-order chi connectivity index (χ0) is 7.84. The standard InChI is InChI=1S/C9H7ClN/c1-6-5-8(10)7-3-2-4-11-9(6)7/h2-5H,1H3/q-1. The third-order valence-electron chi connectivity index (χ3n) is 1.78. The van der Waals surface area contributed by atoms with E-state index in [-0.39, 0.29) is 0 Å². The van der Waals surface area contributed by atoms with Gasteiger partial charge < -0.3 is 4.98 Å². The molecule has 2 rings (SSSR count). The van der Waals surface area contributed by atoms with E-state index in [2.05, 4.69) is 4.98 Å². The fraction of sp³-hybridized carbons (Fsp3) is 0.111. The van der Waals surface area contributed by atoms with Crippen molar-refractivity contribution in [3.63, 3.8) is 0 Å². The molecule has 0 aromatic carbocycles. The van der Waals surface area contributed by atoms with Crippen LogP contribution in [0.2, 0.25) is 5.02 Å². The van der Waals surface area contributed by atoms with E-state index in [0.717, 1.165) is 21.8 Å². The molecule has 0 spiro atoms. The largest absolute Gasteiger partial charge is 0.663 e. The van der Waals surface area contributed by atoms with E-state index < -0.39 is 0 Å². The average molecular weight is 165 g/mol. The molecule has 0 saturated carbocycles. The van der Waals surface area contributed by atoms with Crippen LogP contribution >= 0.6 is 11.6 Å². The Kier molecular flexibility index (Phi) is 1.40. The second-order valence-electron chi connectivity index (χ2n) is 2.57. The van der Waals surface area contributed by atoms with Gasteiger partial charge in [0.1, 0.15) is 0 Å². The summed E-state index contributed by atoms with van der Waals surface area (Å²) in [5.74, 6) is 0. The number of hydrogen-bond acceptors (Lipinski definition) is 0. The third-order valence-corrected chi connectivity index (χ3v) is 2.09. The highest BCUT2D eigenvalue weighted by Crippen LogP contribution is 2.32. The summed E-state index contributed by atoms with van der Waals surface area (Å²) in [7, 11) is 0. The maximum Gasteiger partial charge on any atom is 0.0468 e. The first kappa shape index (κ1) is 6.74. The SMILES string of the molecule is Cc1cc(Cl)c2ccc[n-]c1-2. The summed E-state index contributed by atoms with van der Waals surface area (Å²) in [5, 5.41) is 0.797. The van der Waals surface area contributed by atoms with Gasteiger partial charge >= 0.3 is 0 Å². The molecule has 11 heavy (non-hydrogen) atoms. The molecule has 0 atom stereocenters. The maximum atomic E-state index is 5.94. The molecule has 0 radical (unpaired) electrons. The second kappa shape index (κ2) is 2.28. The predicted octanol–water partition coefficient (Wildman–Crippen LogP) is 2.71. The van der Waals surface area contributed by atoms with E-state index in [4.69, 9.17) is 11.6 Å². The highest BCUT2D eigenvalue weighted by atomic mass is 35.5. The monoisotopic (exact) mass is 164 g/mol. The van der Waals surface area contributed by atoms with Crippen LogP contribution < -0.4 is 4.98 Å². The van der Waals surface area contributed by atoms with Gasteiger partial charge in [0.2, 0.25) is 0 Å². The van der Waals surface area contributed by atoms with Gasteiger partial charge in [-0.1, -0.05) is 29.3 Å². The minimum atomic E-state index is 0.797. The van der Waals surface area contributed by atoms with Crippen LogP contribution in [-0.2, 0) is 0 Å². The Morgan fingerprint density at radius 3 is 3.00 bits per heavy atom. The number of halogens is 1. The smallest absolute Gasteiger partial charge is 0.0468 e. The minimum Gasteiger partial charge on any atom is -0.663 e. The summed E-state index contributed by atoms with van der Waals surface area (Å²) >= 11 is 5.94. The van der Waals surface area contributed by atoms with E-state index in [0.29, 0.717) is 0 Å². The molecular formula is C9H7ClN-. The molecule has 56 valence electrons. The van der Waals surface area contributed by atoms with Gasteiger partial charge in [0.15, 0.2) is 0 Å². The van der Waals surface area contributed by atoms with Gasteiger partial charge in [-0.2, -0.15) is 6.20 Å². The molecule has 0 aromatic rings. The fourth-order valence-corrected chi connectivity index (χ4v) is 1.56. The Labute approximate surface area is 70.3 Å². The van der Waals surface area contributed by atoms with E-state index in [1.54, 1.807) is 6.20 Å². The van der Waals surface area contributed by atoms with Crippen LogP contribution in [-0.4, -0.2) is 0 Å². The highest BCUT2D eigenvalue weighted by Gasteiger charge is 2.03. The molecule has 0 amide bonds. The highest BCUT2D eigenvalue weighted by molar-refractivity contribution is 6.33. The summed E-state index contributed by atoms with van der Waals surface area (Å²) < 4.78 is 0. The number of rotatable bonds is 0. The molecule has 1 aliphatic carbocycles. The van der Waals surface area contributed by atoms with Gasteiger partial charge in [-0.05, 0) is 18.6 Å². The van der Waals surface area contributed by atoms with Crippen LogP contribution in [0.4, 0.5) is 0 Å². The maximum absolute atomic E-state index is 5.94. The lowest BCUT2D eigenvalue weighted by Gasteiger charge is -2.11. The van der Waals surface area contributed by atoms with Crippen molar-refractivity contribution < 1.29 is 0 Å². The first-order chi connectivity index (χ1) is 5.29. The quantitative estimate of drug-likeness (QED) is 0.584. The second-order valence-corrected chi connectivity index (χ2v) is 2.98. The molecule has 1 heterocycles.